The van der Waals surface area contributed by atoms with Gasteiger partial charge in [-0.1, -0.05) is 54.6 Å². The number of hydrogen-bond donors (Lipinski definition) is 0. The second-order valence-electron chi connectivity index (χ2n) is 8.39. The summed E-state index contributed by atoms with van der Waals surface area (Å²) in [6.07, 6.45) is 1.06. The summed E-state index contributed by atoms with van der Waals surface area (Å²) in [5.41, 5.74) is 2.71. The maximum absolute atomic E-state index is 12.7. The lowest BCUT2D eigenvalue weighted by molar-refractivity contribution is -0.133. The fraction of sp³-hybridized carbons (Fsp3) is 0.308. The Labute approximate surface area is 186 Å². The van der Waals surface area contributed by atoms with E-state index in [1.165, 1.54) is 16.3 Å². The Kier molecular flexibility index (Phi) is 5.77. The zero-order chi connectivity index (χ0) is 21.9. The summed E-state index contributed by atoms with van der Waals surface area (Å²) in [4.78, 5) is 29.2. The van der Waals surface area contributed by atoms with Gasteiger partial charge in [-0.3, -0.25) is 14.3 Å². The number of fused-ring (bicyclic) bond motifs is 2. The monoisotopic (exact) mass is 429 g/mol. The van der Waals surface area contributed by atoms with Gasteiger partial charge in [0.15, 0.2) is 5.58 Å². The quantitative estimate of drug-likeness (QED) is 0.467. The Morgan fingerprint density at radius 2 is 1.62 bits per heavy atom. The highest BCUT2D eigenvalue weighted by Crippen LogP contribution is 2.21. The van der Waals surface area contributed by atoms with Gasteiger partial charge in [-0.05, 0) is 34.9 Å². The fourth-order valence-electron chi connectivity index (χ4n) is 4.60. The minimum atomic E-state index is -0.360. The first-order valence-corrected chi connectivity index (χ1v) is 11.2. The number of amides is 1. The van der Waals surface area contributed by atoms with Gasteiger partial charge in [-0.25, -0.2) is 4.79 Å². The van der Waals surface area contributed by atoms with E-state index in [-0.39, 0.29) is 11.7 Å². The molecule has 2 heterocycles. The molecule has 1 aliphatic heterocycles. The van der Waals surface area contributed by atoms with E-state index in [4.69, 9.17) is 4.42 Å². The third-order valence-electron chi connectivity index (χ3n) is 6.34. The third kappa shape index (κ3) is 4.18. The third-order valence-corrected chi connectivity index (χ3v) is 6.34. The van der Waals surface area contributed by atoms with Crippen LogP contribution in [0, 0.1) is 0 Å². The molecule has 6 nitrogen and oxygen atoms in total. The van der Waals surface area contributed by atoms with Crippen molar-refractivity contribution in [2.75, 3.05) is 26.2 Å². The van der Waals surface area contributed by atoms with Crippen LogP contribution in [0.4, 0.5) is 0 Å². The van der Waals surface area contributed by atoms with Crippen LogP contribution in [0.5, 0.6) is 0 Å². The summed E-state index contributed by atoms with van der Waals surface area (Å²) in [5, 5.41) is 2.57. The molecule has 1 aliphatic rings. The van der Waals surface area contributed by atoms with E-state index >= 15 is 0 Å². The average Bonchev–Trinajstić information content (AvgIpc) is 3.15. The van der Waals surface area contributed by atoms with Gasteiger partial charge < -0.3 is 9.32 Å². The van der Waals surface area contributed by atoms with Gasteiger partial charge in [0.25, 0.3) is 0 Å². The number of carbonyl (C=O) groups is 1. The fourth-order valence-corrected chi connectivity index (χ4v) is 4.60. The van der Waals surface area contributed by atoms with E-state index in [1.54, 1.807) is 10.6 Å². The first kappa shape index (κ1) is 20.5. The Morgan fingerprint density at radius 1 is 0.875 bits per heavy atom. The van der Waals surface area contributed by atoms with E-state index in [2.05, 4.69) is 47.4 Å². The van der Waals surface area contributed by atoms with Gasteiger partial charge in [-0.2, -0.15) is 0 Å². The van der Waals surface area contributed by atoms with Gasteiger partial charge in [0.1, 0.15) is 0 Å². The maximum Gasteiger partial charge on any atom is 0.419 e. The number of para-hydroxylation sites is 2. The molecule has 164 valence electrons. The molecule has 1 saturated heterocycles. The number of aryl methyl sites for hydroxylation is 1. The van der Waals surface area contributed by atoms with Crippen molar-refractivity contribution in [3.8, 4) is 0 Å². The van der Waals surface area contributed by atoms with Crippen LogP contribution in [0.2, 0.25) is 0 Å². The molecule has 0 spiro atoms. The molecule has 0 aliphatic carbocycles. The Hall–Kier alpha value is -3.38. The first-order chi connectivity index (χ1) is 15.7. The number of carbonyl (C=O) groups excluding carboxylic acids is 1. The summed E-state index contributed by atoms with van der Waals surface area (Å²) in [6.45, 7) is 4.64. The molecule has 0 saturated carbocycles. The average molecular weight is 430 g/mol. The van der Waals surface area contributed by atoms with E-state index < -0.39 is 0 Å². The molecule has 0 unspecified atom stereocenters. The van der Waals surface area contributed by atoms with Gasteiger partial charge in [0.2, 0.25) is 5.91 Å². The van der Waals surface area contributed by atoms with Gasteiger partial charge in [0, 0.05) is 45.7 Å². The predicted octanol–water partition coefficient (Wildman–Crippen LogP) is 3.87. The minimum Gasteiger partial charge on any atom is -0.408 e. The highest BCUT2D eigenvalue weighted by molar-refractivity contribution is 5.85. The first-order valence-electron chi connectivity index (χ1n) is 11.2. The topological polar surface area (TPSA) is 58.7 Å². The summed E-state index contributed by atoms with van der Waals surface area (Å²) in [6, 6.07) is 22.3. The zero-order valence-corrected chi connectivity index (χ0v) is 18.1. The molecular formula is C26H27N3O3. The Bertz CT molecular complexity index is 1290. The summed E-state index contributed by atoms with van der Waals surface area (Å²) in [5.74, 6) is -0.198. The largest absolute Gasteiger partial charge is 0.419 e. The van der Waals surface area contributed by atoms with Crippen molar-refractivity contribution in [1.82, 2.24) is 14.4 Å². The Balaban J connectivity index is 1.13. The van der Waals surface area contributed by atoms with Crippen LogP contribution < -0.4 is 5.76 Å². The standard InChI is InChI=1S/C26H27N3O3/c30-25(13-6-14-29-23-11-3-4-12-24(23)32-26(29)31)28-17-15-27(16-18-28)19-21-9-5-8-20-7-1-2-10-22(20)21/h1-5,7-12H,6,13-19H2. The highest BCUT2D eigenvalue weighted by Gasteiger charge is 2.21. The van der Waals surface area contributed by atoms with E-state index in [0.717, 1.165) is 38.2 Å². The van der Waals surface area contributed by atoms with Crippen LogP contribution in [-0.2, 0) is 17.9 Å². The smallest absolute Gasteiger partial charge is 0.408 e. The lowest BCUT2D eigenvalue weighted by Gasteiger charge is -2.35. The van der Waals surface area contributed by atoms with Gasteiger partial charge in [0.05, 0.1) is 5.52 Å². The number of oxazole rings is 1. The maximum atomic E-state index is 12.7. The van der Waals surface area contributed by atoms with Gasteiger partial charge in [-0.15, -0.1) is 0 Å². The van der Waals surface area contributed by atoms with E-state index in [9.17, 15) is 9.59 Å². The van der Waals surface area contributed by atoms with E-state index in [1.807, 2.05) is 23.1 Å². The molecule has 1 aromatic heterocycles. The second kappa shape index (κ2) is 9.01. The summed E-state index contributed by atoms with van der Waals surface area (Å²) in [7, 11) is 0. The molecule has 6 heteroatoms. The number of nitrogens with zero attached hydrogens (tertiary/aromatic N) is 3. The number of benzene rings is 3. The molecule has 0 N–H and O–H groups in total. The molecule has 3 aromatic carbocycles. The molecule has 0 atom stereocenters. The second-order valence-corrected chi connectivity index (χ2v) is 8.39. The number of piperazine rings is 1. The van der Waals surface area contributed by atoms with Crippen molar-refractivity contribution in [1.29, 1.82) is 0 Å². The highest BCUT2D eigenvalue weighted by atomic mass is 16.4. The van der Waals surface area contributed by atoms with Crippen molar-refractivity contribution in [3.05, 3.63) is 82.8 Å². The summed E-state index contributed by atoms with van der Waals surface area (Å²) >= 11 is 0. The number of aromatic nitrogens is 1. The van der Waals surface area contributed by atoms with Crippen molar-refractivity contribution in [2.45, 2.75) is 25.9 Å². The molecular weight excluding hydrogens is 402 g/mol. The molecule has 5 rings (SSSR count). The predicted molar refractivity (Wildman–Crippen MR) is 126 cm³/mol. The van der Waals surface area contributed by atoms with Crippen molar-refractivity contribution in [3.63, 3.8) is 0 Å². The van der Waals surface area contributed by atoms with Crippen molar-refractivity contribution in [2.24, 2.45) is 0 Å². The van der Waals surface area contributed by atoms with Crippen LogP contribution >= 0.6 is 0 Å². The zero-order valence-electron chi connectivity index (χ0n) is 18.1. The van der Waals surface area contributed by atoms with Crippen molar-refractivity contribution >= 4 is 27.8 Å². The summed E-state index contributed by atoms with van der Waals surface area (Å²) < 4.78 is 6.88. The van der Waals surface area contributed by atoms with Crippen LogP contribution in [0.3, 0.4) is 0 Å². The van der Waals surface area contributed by atoms with Crippen molar-refractivity contribution < 1.29 is 9.21 Å². The van der Waals surface area contributed by atoms with E-state index in [0.29, 0.717) is 25.0 Å². The molecule has 4 aromatic rings. The Morgan fingerprint density at radius 3 is 2.50 bits per heavy atom. The van der Waals surface area contributed by atoms with Crippen LogP contribution in [0.25, 0.3) is 21.9 Å². The lowest BCUT2D eigenvalue weighted by Crippen LogP contribution is -2.48. The SMILES string of the molecule is O=C(CCCn1c(=O)oc2ccccc21)N1CCN(Cc2cccc3ccccc23)CC1. The lowest BCUT2D eigenvalue weighted by atomic mass is 10.0. The molecule has 0 radical (unpaired) electrons. The van der Waals surface area contributed by atoms with Crippen LogP contribution in [0.1, 0.15) is 18.4 Å². The van der Waals surface area contributed by atoms with Crippen LogP contribution in [-0.4, -0.2) is 46.5 Å². The normalized spacial score (nSPS) is 14.9. The van der Waals surface area contributed by atoms with Crippen LogP contribution in [0.15, 0.2) is 75.9 Å². The minimum absolute atomic E-state index is 0.163. The molecule has 1 amide bonds. The molecule has 1 fully saturated rings. The number of rotatable bonds is 6. The molecule has 0 bridgehead atoms. The molecule has 32 heavy (non-hydrogen) atoms. The van der Waals surface area contributed by atoms with Gasteiger partial charge >= 0.3 is 5.76 Å². The number of hydrogen-bond acceptors (Lipinski definition) is 4.